The molecule has 0 atom stereocenters. The van der Waals surface area contributed by atoms with Crippen LogP contribution in [0, 0.1) is 0 Å². The molecule has 0 spiro atoms. The molecule has 2 aromatic heterocycles. The fraction of sp³-hybridized carbons (Fsp3) is 0.300. The Morgan fingerprint density at radius 3 is 2.47 bits per heavy atom. The Morgan fingerprint density at radius 1 is 1.07 bits per heavy atom. The summed E-state index contributed by atoms with van der Waals surface area (Å²) in [5.74, 6) is -1.76. The molecule has 1 aliphatic rings. The van der Waals surface area contributed by atoms with E-state index in [0.29, 0.717) is 31.9 Å². The number of fused-ring (bicyclic) bond motifs is 3. The predicted octanol–water partition coefficient (Wildman–Crippen LogP) is 2.48. The standard InChI is InChI=1S/C20H18ClN3O5S/c21-11-5-7-12(8-6-11)22-15(25)9-24-19-17(13-3-1-2-4-14(13)30-19)18(28)23(20(24)29)10-16(26)27/h5-8H,1-4,9-10H2,(H,22,25)(H,26,27). The third-order valence-electron chi connectivity index (χ3n) is 5.04. The van der Waals surface area contributed by atoms with Gasteiger partial charge >= 0.3 is 11.7 Å². The van der Waals surface area contributed by atoms with Crippen molar-refractivity contribution in [2.45, 2.75) is 38.8 Å². The molecule has 30 heavy (non-hydrogen) atoms. The van der Waals surface area contributed by atoms with Gasteiger partial charge in [-0.2, -0.15) is 0 Å². The number of anilines is 1. The van der Waals surface area contributed by atoms with Gasteiger partial charge in [-0.25, -0.2) is 9.36 Å². The number of thiophene rings is 1. The number of carbonyl (C=O) groups is 2. The van der Waals surface area contributed by atoms with Gasteiger partial charge in [0.05, 0.1) is 5.39 Å². The normalized spacial score (nSPS) is 13.2. The number of halogens is 1. The highest BCUT2D eigenvalue weighted by molar-refractivity contribution is 7.18. The van der Waals surface area contributed by atoms with Gasteiger partial charge in [-0.05, 0) is 55.5 Å². The van der Waals surface area contributed by atoms with Gasteiger partial charge in [-0.1, -0.05) is 11.6 Å². The largest absolute Gasteiger partial charge is 0.480 e. The molecular formula is C20H18ClN3O5S. The minimum Gasteiger partial charge on any atom is -0.480 e. The van der Waals surface area contributed by atoms with Crippen LogP contribution in [0.4, 0.5) is 5.69 Å². The van der Waals surface area contributed by atoms with Crippen LogP contribution in [0.25, 0.3) is 10.2 Å². The number of amides is 1. The van der Waals surface area contributed by atoms with Crippen molar-refractivity contribution in [1.82, 2.24) is 9.13 Å². The second-order valence-corrected chi connectivity index (χ2v) is 8.62. The van der Waals surface area contributed by atoms with Crippen molar-refractivity contribution in [3.05, 3.63) is 60.6 Å². The second kappa shape index (κ2) is 8.08. The summed E-state index contributed by atoms with van der Waals surface area (Å²) in [6.07, 6.45) is 3.42. The van der Waals surface area contributed by atoms with E-state index in [2.05, 4.69) is 5.32 Å². The molecule has 0 bridgehead atoms. The average Bonchev–Trinajstić information content (AvgIpc) is 3.09. The predicted molar refractivity (Wildman–Crippen MR) is 115 cm³/mol. The maximum absolute atomic E-state index is 13.0. The summed E-state index contributed by atoms with van der Waals surface area (Å²) in [6.45, 7) is -1.09. The van der Waals surface area contributed by atoms with Gasteiger partial charge in [0.1, 0.15) is 17.9 Å². The molecule has 1 aromatic carbocycles. The molecule has 0 saturated heterocycles. The highest BCUT2D eigenvalue weighted by atomic mass is 35.5. The Labute approximate surface area is 179 Å². The molecule has 10 heteroatoms. The lowest BCUT2D eigenvalue weighted by atomic mass is 9.97. The number of carboxylic acid groups (broad SMARTS) is 1. The first-order chi connectivity index (χ1) is 14.3. The fourth-order valence-corrected chi connectivity index (χ4v) is 5.21. The Bertz CT molecular complexity index is 1270. The maximum Gasteiger partial charge on any atom is 0.333 e. The molecule has 1 aliphatic carbocycles. The van der Waals surface area contributed by atoms with E-state index in [-0.39, 0.29) is 6.54 Å². The van der Waals surface area contributed by atoms with E-state index in [1.54, 1.807) is 24.3 Å². The van der Waals surface area contributed by atoms with Crippen molar-refractivity contribution in [1.29, 1.82) is 0 Å². The van der Waals surface area contributed by atoms with Crippen LogP contribution in [0.3, 0.4) is 0 Å². The minimum absolute atomic E-state index is 0.336. The van der Waals surface area contributed by atoms with Crippen LogP contribution in [0.15, 0.2) is 33.9 Å². The number of hydrogen-bond donors (Lipinski definition) is 2. The Hall–Kier alpha value is -2.91. The Balaban J connectivity index is 1.81. The Kier molecular flexibility index (Phi) is 5.48. The topological polar surface area (TPSA) is 110 Å². The summed E-state index contributed by atoms with van der Waals surface area (Å²) >= 11 is 7.19. The molecule has 8 nitrogen and oxygen atoms in total. The summed E-state index contributed by atoms with van der Waals surface area (Å²) in [7, 11) is 0. The summed E-state index contributed by atoms with van der Waals surface area (Å²) in [5.41, 5.74) is -0.0267. The first kappa shape index (κ1) is 20.4. The molecule has 0 unspecified atom stereocenters. The zero-order chi connectivity index (χ0) is 21.4. The van der Waals surface area contributed by atoms with Crippen molar-refractivity contribution < 1.29 is 14.7 Å². The third kappa shape index (κ3) is 3.78. The van der Waals surface area contributed by atoms with E-state index in [4.69, 9.17) is 11.6 Å². The molecule has 2 N–H and O–H groups in total. The lowest BCUT2D eigenvalue weighted by molar-refractivity contribution is -0.137. The van der Waals surface area contributed by atoms with Crippen LogP contribution in [-0.4, -0.2) is 26.1 Å². The molecule has 0 radical (unpaired) electrons. The number of nitrogens with zero attached hydrogens (tertiary/aromatic N) is 2. The van der Waals surface area contributed by atoms with E-state index in [1.807, 2.05) is 0 Å². The summed E-state index contributed by atoms with van der Waals surface area (Å²) in [5, 5.41) is 12.7. The number of aryl methyl sites for hydroxylation is 2. The first-order valence-corrected chi connectivity index (χ1v) is 10.6. The zero-order valence-corrected chi connectivity index (χ0v) is 17.4. The number of carboxylic acids is 1. The van der Waals surface area contributed by atoms with Gasteiger partial charge in [0.15, 0.2) is 0 Å². The van der Waals surface area contributed by atoms with Gasteiger partial charge < -0.3 is 10.4 Å². The maximum atomic E-state index is 13.0. The smallest absolute Gasteiger partial charge is 0.333 e. The molecule has 0 fully saturated rings. The summed E-state index contributed by atoms with van der Waals surface area (Å²) < 4.78 is 1.90. The van der Waals surface area contributed by atoms with Crippen LogP contribution < -0.4 is 16.6 Å². The first-order valence-electron chi connectivity index (χ1n) is 9.40. The molecule has 156 valence electrons. The third-order valence-corrected chi connectivity index (χ3v) is 6.61. The summed E-state index contributed by atoms with van der Waals surface area (Å²) in [6, 6.07) is 6.52. The Morgan fingerprint density at radius 2 is 1.77 bits per heavy atom. The highest BCUT2D eigenvalue weighted by Gasteiger charge is 2.25. The molecule has 3 aromatic rings. The quantitative estimate of drug-likeness (QED) is 0.624. The van der Waals surface area contributed by atoms with Crippen LogP contribution in [-0.2, 0) is 35.5 Å². The molecule has 2 heterocycles. The van der Waals surface area contributed by atoms with Crippen molar-refractivity contribution >= 4 is 50.7 Å². The van der Waals surface area contributed by atoms with Crippen LogP contribution in [0.1, 0.15) is 23.3 Å². The number of rotatable bonds is 5. The molecule has 1 amide bonds. The minimum atomic E-state index is -1.30. The van der Waals surface area contributed by atoms with Crippen molar-refractivity contribution in [3.8, 4) is 0 Å². The number of aliphatic carboxylic acids is 1. The second-order valence-electron chi connectivity index (χ2n) is 7.10. The SMILES string of the molecule is O=C(O)Cn1c(=O)c2c3c(sc2n(CC(=O)Nc2ccc(Cl)cc2)c1=O)CCCC3. The van der Waals surface area contributed by atoms with Gasteiger partial charge in [-0.15, -0.1) is 11.3 Å². The van der Waals surface area contributed by atoms with E-state index >= 15 is 0 Å². The molecule has 0 aliphatic heterocycles. The van der Waals surface area contributed by atoms with Gasteiger partial charge in [-0.3, -0.25) is 19.0 Å². The van der Waals surface area contributed by atoms with E-state index < -0.39 is 29.7 Å². The average molecular weight is 448 g/mol. The molecule has 0 saturated carbocycles. The van der Waals surface area contributed by atoms with Crippen LogP contribution in [0.2, 0.25) is 5.02 Å². The number of nitrogens with one attached hydrogen (secondary N) is 1. The van der Waals surface area contributed by atoms with E-state index in [9.17, 15) is 24.3 Å². The summed E-state index contributed by atoms with van der Waals surface area (Å²) in [4.78, 5) is 51.2. The van der Waals surface area contributed by atoms with E-state index in [0.717, 1.165) is 29.7 Å². The number of benzene rings is 1. The lowest BCUT2D eigenvalue weighted by Crippen LogP contribution is -2.43. The van der Waals surface area contributed by atoms with Gasteiger partial charge in [0.25, 0.3) is 5.56 Å². The van der Waals surface area contributed by atoms with E-state index in [1.165, 1.54) is 15.9 Å². The van der Waals surface area contributed by atoms with Gasteiger partial charge in [0.2, 0.25) is 5.91 Å². The van der Waals surface area contributed by atoms with Crippen molar-refractivity contribution in [2.75, 3.05) is 5.32 Å². The van der Waals surface area contributed by atoms with Crippen LogP contribution in [0.5, 0.6) is 0 Å². The molecule has 4 rings (SSSR count). The zero-order valence-electron chi connectivity index (χ0n) is 15.8. The number of hydrogen-bond acceptors (Lipinski definition) is 5. The lowest BCUT2D eigenvalue weighted by Gasteiger charge is -2.12. The number of aromatic nitrogens is 2. The highest BCUT2D eigenvalue weighted by Crippen LogP contribution is 2.34. The number of carbonyl (C=O) groups excluding carboxylic acids is 1. The fourth-order valence-electron chi connectivity index (χ4n) is 3.71. The molecular weight excluding hydrogens is 430 g/mol. The van der Waals surface area contributed by atoms with Crippen molar-refractivity contribution in [2.24, 2.45) is 0 Å². The van der Waals surface area contributed by atoms with Crippen LogP contribution >= 0.6 is 22.9 Å². The van der Waals surface area contributed by atoms with Gasteiger partial charge in [0, 0.05) is 15.6 Å². The monoisotopic (exact) mass is 447 g/mol. The van der Waals surface area contributed by atoms with Crippen molar-refractivity contribution in [3.63, 3.8) is 0 Å².